The Morgan fingerprint density at radius 1 is 1.17 bits per heavy atom. The fourth-order valence-electron chi connectivity index (χ4n) is 1.71. The smallest absolute Gasteiger partial charge is 0.134 e. The van der Waals surface area contributed by atoms with E-state index < -0.39 is 0 Å². The second kappa shape index (κ2) is 6.57. The predicted molar refractivity (Wildman–Crippen MR) is 78.1 cm³/mol. The molecule has 0 aliphatic rings. The largest absolute Gasteiger partial charge is 0.373 e. The van der Waals surface area contributed by atoms with Gasteiger partial charge in [0.2, 0.25) is 0 Å². The maximum absolute atomic E-state index is 4.38. The minimum atomic E-state index is 0.286. The van der Waals surface area contributed by atoms with Gasteiger partial charge in [0.15, 0.2) is 0 Å². The lowest BCUT2D eigenvalue weighted by molar-refractivity contribution is 0.376. The van der Waals surface area contributed by atoms with Gasteiger partial charge in [-0.05, 0) is 18.3 Å². The van der Waals surface area contributed by atoms with Crippen LogP contribution in [-0.4, -0.2) is 23.6 Å². The van der Waals surface area contributed by atoms with Crippen LogP contribution in [0.25, 0.3) is 0 Å². The molecule has 4 nitrogen and oxygen atoms in total. The van der Waals surface area contributed by atoms with Crippen molar-refractivity contribution < 1.29 is 0 Å². The third-order valence-electron chi connectivity index (χ3n) is 3.37. The molecule has 0 amide bonds. The van der Waals surface area contributed by atoms with Crippen LogP contribution < -0.4 is 10.6 Å². The Labute approximate surface area is 111 Å². The van der Waals surface area contributed by atoms with E-state index in [9.17, 15) is 0 Å². The highest BCUT2D eigenvalue weighted by Crippen LogP contribution is 2.24. The van der Waals surface area contributed by atoms with Gasteiger partial charge in [-0.25, -0.2) is 9.97 Å². The van der Waals surface area contributed by atoms with E-state index in [1.54, 1.807) is 6.33 Å². The van der Waals surface area contributed by atoms with E-state index in [0.717, 1.165) is 37.4 Å². The number of anilines is 2. The van der Waals surface area contributed by atoms with Gasteiger partial charge >= 0.3 is 0 Å². The summed E-state index contributed by atoms with van der Waals surface area (Å²) in [6.07, 6.45) is 4.85. The Hall–Kier alpha value is -1.32. The summed E-state index contributed by atoms with van der Waals surface area (Å²) in [4.78, 5) is 8.66. The van der Waals surface area contributed by atoms with E-state index in [2.05, 4.69) is 48.3 Å². The molecule has 1 aromatic rings. The molecule has 4 heteroatoms. The number of hydrogen-bond acceptors (Lipinski definition) is 4. The number of hydrogen-bond donors (Lipinski definition) is 2. The highest BCUT2D eigenvalue weighted by molar-refractivity contribution is 5.57. The lowest BCUT2D eigenvalue weighted by Crippen LogP contribution is -2.23. The molecule has 0 saturated heterocycles. The topological polar surface area (TPSA) is 49.8 Å². The molecule has 0 aromatic carbocycles. The molecule has 1 aromatic heterocycles. The Balaban J connectivity index is 2.87. The maximum atomic E-state index is 4.38. The molecule has 0 aliphatic heterocycles. The fraction of sp³-hybridized carbons (Fsp3) is 0.714. The number of rotatable bonds is 7. The van der Waals surface area contributed by atoms with Gasteiger partial charge < -0.3 is 10.6 Å². The van der Waals surface area contributed by atoms with Crippen molar-refractivity contribution in [1.29, 1.82) is 0 Å². The van der Waals surface area contributed by atoms with Crippen LogP contribution in [0.3, 0.4) is 0 Å². The molecule has 1 rings (SSSR count). The van der Waals surface area contributed by atoms with Crippen LogP contribution in [0.1, 0.15) is 46.1 Å². The van der Waals surface area contributed by atoms with Gasteiger partial charge in [0.05, 0.1) is 0 Å². The Morgan fingerprint density at radius 2 is 1.83 bits per heavy atom. The second-order valence-electron chi connectivity index (χ2n) is 5.42. The first kappa shape index (κ1) is 14.7. The van der Waals surface area contributed by atoms with E-state index >= 15 is 0 Å². The Morgan fingerprint density at radius 3 is 2.39 bits per heavy atom. The van der Waals surface area contributed by atoms with E-state index in [-0.39, 0.29) is 5.41 Å². The van der Waals surface area contributed by atoms with Crippen LogP contribution in [0.15, 0.2) is 6.33 Å². The standard InChI is InChI=1S/C14H26N4/c1-6-8-11-12(15-5)17-10-18-13(11)16-9-14(3,4)7-2/h10H,6-9H2,1-5H3,(H2,15,16,17,18). The average molecular weight is 250 g/mol. The van der Waals surface area contributed by atoms with E-state index in [0.29, 0.717) is 0 Å². The molecule has 0 unspecified atom stereocenters. The zero-order valence-electron chi connectivity index (χ0n) is 12.3. The van der Waals surface area contributed by atoms with Gasteiger partial charge in [-0.2, -0.15) is 0 Å². The summed E-state index contributed by atoms with van der Waals surface area (Å²) in [7, 11) is 1.90. The number of nitrogens with one attached hydrogen (secondary N) is 2. The summed E-state index contributed by atoms with van der Waals surface area (Å²) in [6.45, 7) is 9.85. The monoisotopic (exact) mass is 250 g/mol. The molecule has 0 aliphatic carbocycles. The molecule has 0 bridgehead atoms. The second-order valence-corrected chi connectivity index (χ2v) is 5.42. The highest BCUT2D eigenvalue weighted by atomic mass is 15.1. The molecule has 0 fully saturated rings. The minimum absolute atomic E-state index is 0.286. The van der Waals surface area contributed by atoms with Crippen molar-refractivity contribution in [1.82, 2.24) is 9.97 Å². The van der Waals surface area contributed by atoms with Crippen molar-refractivity contribution in [3.8, 4) is 0 Å². The van der Waals surface area contributed by atoms with Crippen LogP contribution in [0.2, 0.25) is 0 Å². The first-order valence-corrected chi connectivity index (χ1v) is 6.79. The van der Waals surface area contributed by atoms with Crippen molar-refractivity contribution in [3.63, 3.8) is 0 Å². The van der Waals surface area contributed by atoms with E-state index in [4.69, 9.17) is 0 Å². The lowest BCUT2D eigenvalue weighted by Gasteiger charge is -2.24. The SMILES string of the molecule is CCCc1c(NC)ncnc1NCC(C)(C)CC. The van der Waals surface area contributed by atoms with Gasteiger partial charge in [-0.3, -0.25) is 0 Å². The molecular formula is C14H26N4. The summed E-state index contributed by atoms with van der Waals surface area (Å²) in [5, 5.41) is 6.61. The molecule has 1 heterocycles. The summed E-state index contributed by atoms with van der Waals surface area (Å²) >= 11 is 0. The lowest BCUT2D eigenvalue weighted by atomic mass is 9.90. The molecule has 102 valence electrons. The third kappa shape index (κ3) is 3.86. The van der Waals surface area contributed by atoms with Crippen molar-refractivity contribution in [2.75, 3.05) is 24.2 Å². The van der Waals surface area contributed by atoms with Crippen molar-refractivity contribution in [3.05, 3.63) is 11.9 Å². The molecule has 0 atom stereocenters. The summed E-state index contributed by atoms with van der Waals surface area (Å²) in [5.41, 5.74) is 1.48. The van der Waals surface area contributed by atoms with Crippen LogP contribution in [0.5, 0.6) is 0 Å². The van der Waals surface area contributed by atoms with Gasteiger partial charge in [-0.1, -0.05) is 34.1 Å². The van der Waals surface area contributed by atoms with Gasteiger partial charge in [-0.15, -0.1) is 0 Å². The third-order valence-corrected chi connectivity index (χ3v) is 3.37. The summed E-state index contributed by atoms with van der Waals surface area (Å²) in [5.74, 6) is 1.90. The maximum Gasteiger partial charge on any atom is 0.134 e. The first-order valence-electron chi connectivity index (χ1n) is 6.79. The predicted octanol–water partition coefficient (Wildman–Crippen LogP) is 3.32. The minimum Gasteiger partial charge on any atom is -0.373 e. The quantitative estimate of drug-likeness (QED) is 0.779. The first-order chi connectivity index (χ1) is 8.54. The van der Waals surface area contributed by atoms with E-state index in [1.807, 2.05) is 7.05 Å². The zero-order chi connectivity index (χ0) is 13.6. The van der Waals surface area contributed by atoms with Gasteiger partial charge in [0.25, 0.3) is 0 Å². The molecule has 18 heavy (non-hydrogen) atoms. The van der Waals surface area contributed by atoms with Gasteiger partial charge in [0.1, 0.15) is 18.0 Å². The zero-order valence-corrected chi connectivity index (χ0v) is 12.3. The Bertz CT molecular complexity index is 374. The van der Waals surface area contributed by atoms with Crippen molar-refractivity contribution >= 4 is 11.6 Å². The van der Waals surface area contributed by atoms with E-state index in [1.165, 1.54) is 5.56 Å². The normalized spacial score (nSPS) is 11.4. The van der Waals surface area contributed by atoms with Crippen LogP contribution in [-0.2, 0) is 6.42 Å². The fourth-order valence-corrected chi connectivity index (χ4v) is 1.71. The Kier molecular flexibility index (Phi) is 5.38. The van der Waals surface area contributed by atoms with Crippen LogP contribution in [0.4, 0.5) is 11.6 Å². The van der Waals surface area contributed by atoms with Crippen molar-refractivity contribution in [2.45, 2.75) is 47.0 Å². The van der Waals surface area contributed by atoms with Crippen LogP contribution in [0, 0.1) is 5.41 Å². The molecular weight excluding hydrogens is 224 g/mol. The van der Waals surface area contributed by atoms with Crippen molar-refractivity contribution in [2.24, 2.45) is 5.41 Å². The average Bonchev–Trinajstić information content (AvgIpc) is 2.38. The number of aromatic nitrogens is 2. The molecule has 0 saturated carbocycles. The highest BCUT2D eigenvalue weighted by Gasteiger charge is 2.16. The summed E-state index contributed by atoms with van der Waals surface area (Å²) < 4.78 is 0. The molecule has 2 N–H and O–H groups in total. The molecule has 0 spiro atoms. The van der Waals surface area contributed by atoms with Gasteiger partial charge in [0, 0.05) is 19.2 Å². The number of nitrogens with zero attached hydrogens (tertiary/aromatic N) is 2. The summed E-state index contributed by atoms with van der Waals surface area (Å²) in [6, 6.07) is 0. The molecule has 0 radical (unpaired) electrons. The van der Waals surface area contributed by atoms with Crippen LogP contribution >= 0.6 is 0 Å².